The third-order valence-corrected chi connectivity index (χ3v) is 0. The van der Waals surface area contributed by atoms with Crippen LogP contribution in [0.25, 0.3) is 0 Å². The van der Waals surface area contributed by atoms with Crippen LogP contribution in [0, 0.1) is 0 Å². The summed E-state index contributed by atoms with van der Waals surface area (Å²) >= 11 is 0. The van der Waals surface area contributed by atoms with Crippen LogP contribution in [0.3, 0.4) is 0 Å². The molecule has 0 rings (SSSR count). The first-order chi connectivity index (χ1) is 0. The summed E-state index contributed by atoms with van der Waals surface area (Å²) < 4.78 is 0. The van der Waals surface area contributed by atoms with E-state index < -0.39 is 0 Å². The molecule has 7 radical (unpaired) electrons. The monoisotopic (exact) mass is 1240 g/mol. The summed E-state index contributed by atoms with van der Waals surface area (Å²) in [6.45, 7) is 0. The molecular weight excluding hydrogens is 1250 g/mol. The fourth-order valence-electron chi connectivity index (χ4n) is 0. The van der Waals surface area contributed by atoms with Crippen LogP contribution in [0.1, 0.15) is 0 Å². The third kappa shape index (κ3) is 769. The smallest absolute Gasteiger partial charge is 2.00 e. The van der Waals surface area contributed by atoms with Crippen molar-refractivity contribution in [2.45, 2.75) is 0 Å². The van der Waals surface area contributed by atoms with Gasteiger partial charge in [0.25, 0.3) is 0 Å². The minimum Gasteiger partial charge on any atom is -2.00 e. The molecule has 0 atom stereocenters. The second-order valence-electron chi connectivity index (χ2n) is 0. The van der Waals surface area contributed by atoms with E-state index >= 15 is 0 Å². The molecular formula is Ca11O28V7-30. The molecule has 0 amide bonds. The zero-order chi connectivity index (χ0) is 0. The molecule has 0 unspecified atom stereocenters. The maximum atomic E-state index is 0. The Morgan fingerprint density at radius 2 is 0.0870 bits per heavy atom. The molecule has 0 N–H and O–H groups in total. The molecule has 0 saturated heterocycles. The number of rotatable bonds is 0. The molecule has 0 spiro atoms. The fourth-order valence-corrected chi connectivity index (χ4v) is 0. The quantitative estimate of drug-likeness (QED) is 0.204. The Hall–Kier alpha value is 16.8. The molecule has 0 aromatic carbocycles. The molecule has 0 aliphatic rings. The summed E-state index contributed by atoms with van der Waals surface area (Å²) in [6.07, 6.45) is 0. The van der Waals surface area contributed by atoms with Gasteiger partial charge in [0, 0.05) is 111 Å². The molecule has 0 aliphatic carbocycles. The second-order valence-corrected chi connectivity index (χ2v) is 0. The van der Waals surface area contributed by atoms with Crippen LogP contribution in [0.15, 0.2) is 0 Å². The topological polar surface area (TPSA) is 798 Å². The third-order valence-electron chi connectivity index (χ3n) is 0. The van der Waals surface area contributed by atoms with Gasteiger partial charge in [0.05, 0.1) is 0 Å². The summed E-state index contributed by atoms with van der Waals surface area (Å²) in [5.41, 5.74) is 0. The van der Waals surface area contributed by atoms with Gasteiger partial charge < -0.3 is 153 Å². The van der Waals surface area contributed by atoms with Crippen molar-refractivity contribution in [2.24, 2.45) is 0 Å². The van der Waals surface area contributed by atoms with Crippen LogP contribution in [0.2, 0.25) is 0 Å². The Bertz CT molecular complexity index is 61.8. The van der Waals surface area contributed by atoms with Gasteiger partial charge >= 0.3 is 434 Å². The van der Waals surface area contributed by atoms with Gasteiger partial charge in [-0.2, -0.15) is 0 Å². The Morgan fingerprint density at radius 3 is 0.0870 bits per heavy atom. The molecule has 0 bridgehead atoms. The second kappa shape index (κ2) is 808. The van der Waals surface area contributed by atoms with E-state index in [-0.39, 0.29) is 698 Å². The van der Waals surface area contributed by atoms with E-state index in [2.05, 4.69) is 0 Å². The molecule has 0 aromatic heterocycles. The van der Waals surface area contributed by atoms with Crippen LogP contribution in [-0.2, 0) is 283 Å². The van der Waals surface area contributed by atoms with Crippen molar-refractivity contribution < 1.29 is 283 Å². The van der Waals surface area contributed by atoms with Crippen LogP contribution < -0.4 is 0 Å². The van der Waals surface area contributed by atoms with E-state index in [0.29, 0.717) is 0 Å². The van der Waals surface area contributed by atoms with Crippen molar-refractivity contribution in [1.29, 1.82) is 0 Å². The summed E-state index contributed by atoms with van der Waals surface area (Å²) in [5, 5.41) is 0. The first-order valence-corrected chi connectivity index (χ1v) is 0. The van der Waals surface area contributed by atoms with Gasteiger partial charge in [0.2, 0.25) is 0 Å². The van der Waals surface area contributed by atoms with Gasteiger partial charge in [-0.3, -0.25) is 0 Å². The Morgan fingerprint density at radius 1 is 0.0870 bits per heavy atom. The van der Waals surface area contributed by atoms with Gasteiger partial charge in [0.1, 0.15) is 0 Å². The Balaban J connectivity index is 0. The van der Waals surface area contributed by atoms with Gasteiger partial charge in [-0.05, 0) is 0 Å². The minimum absolute atomic E-state index is 0. The van der Waals surface area contributed by atoms with Gasteiger partial charge in [-0.15, -0.1) is 0 Å². The fraction of sp³-hybridized carbons (Fsp3) is 0. The first kappa shape index (κ1) is 848. The average molecular weight is 1250 g/mol. The van der Waals surface area contributed by atoms with Crippen LogP contribution in [0.4, 0.5) is 0 Å². The van der Waals surface area contributed by atoms with Crippen molar-refractivity contribution in [3.63, 3.8) is 0 Å². The standard InChI is InChI=1S/11Ca.28O.7V/q11*+2;28*-2;;;;;;;+4. The van der Waals surface area contributed by atoms with Crippen LogP contribution >= 0.6 is 0 Å². The van der Waals surface area contributed by atoms with E-state index in [0.717, 1.165) is 0 Å². The summed E-state index contributed by atoms with van der Waals surface area (Å²) in [6, 6.07) is 0. The van der Waals surface area contributed by atoms with Gasteiger partial charge in [-0.1, -0.05) is 0 Å². The van der Waals surface area contributed by atoms with Crippen molar-refractivity contribution in [3.8, 4) is 0 Å². The number of hydrogen-bond acceptors (Lipinski definition) is 0. The van der Waals surface area contributed by atoms with Crippen LogP contribution in [-0.4, -0.2) is 415 Å². The van der Waals surface area contributed by atoms with E-state index in [1.807, 2.05) is 0 Å². The molecule has 28 nitrogen and oxygen atoms in total. The van der Waals surface area contributed by atoms with E-state index in [1.54, 1.807) is 0 Å². The predicted octanol–water partition coefficient (Wildman–Crippen LogP) is -7.53. The minimum atomic E-state index is 0. The zero-order valence-corrected chi connectivity index (χ0v) is 56.4. The van der Waals surface area contributed by atoms with Gasteiger partial charge in [0.15, 0.2) is 0 Å². The van der Waals surface area contributed by atoms with Crippen molar-refractivity contribution in [2.75, 3.05) is 0 Å². The van der Waals surface area contributed by atoms with Crippen LogP contribution in [0.5, 0.6) is 0 Å². The Kier molecular flexibility index (Phi) is 14900. The maximum Gasteiger partial charge on any atom is 4.00 e. The predicted molar refractivity (Wildman–Crippen MR) is 82.5 cm³/mol. The van der Waals surface area contributed by atoms with Crippen molar-refractivity contribution in [3.05, 3.63) is 0 Å². The molecule has 0 heterocycles. The molecule has 0 aromatic rings. The largest absolute Gasteiger partial charge is 4.00 e. The molecule has 255 valence electrons. The summed E-state index contributed by atoms with van der Waals surface area (Å²) in [7, 11) is 0. The van der Waals surface area contributed by atoms with Gasteiger partial charge in [-0.25, -0.2) is 0 Å². The number of hydrogen-bond donors (Lipinski definition) is 0. The molecule has 0 aliphatic heterocycles. The summed E-state index contributed by atoms with van der Waals surface area (Å²) in [5.74, 6) is 0. The molecule has 46 heteroatoms. The molecule has 0 saturated carbocycles. The van der Waals surface area contributed by atoms with Crippen molar-refractivity contribution in [1.82, 2.24) is 0 Å². The van der Waals surface area contributed by atoms with E-state index in [9.17, 15) is 0 Å². The molecule has 46 heavy (non-hydrogen) atoms. The first-order valence-electron chi connectivity index (χ1n) is 0. The average Bonchev–Trinajstić information content (AvgIpc) is 0. The normalized spacial score (nSPS) is 0. The molecule has 0 fully saturated rings. The summed E-state index contributed by atoms with van der Waals surface area (Å²) in [4.78, 5) is 0. The maximum absolute atomic E-state index is 0. The van der Waals surface area contributed by atoms with Crippen molar-refractivity contribution >= 4 is 415 Å². The van der Waals surface area contributed by atoms with E-state index in [4.69, 9.17) is 0 Å². The Labute approximate surface area is 678 Å². The SMILES string of the molecule is [Ca+2].[Ca+2].[Ca+2].[Ca+2].[Ca+2].[Ca+2].[Ca+2].[Ca+2].[Ca+2].[Ca+2].[Ca+2].[O-2].[O-2].[O-2].[O-2].[O-2].[O-2].[O-2].[O-2].[O-2].[O-2].[O-2].[O-2].[O-2].[O-2].[O-2].[O-2].[O-2].[O-2].[O-2].[O-2].[O-2].[O-2].[O-2].[O-2].[O-2].[O-2].[O-2].[O-2].[V+4].[V].[V].[V].[V].[V].[V]. The van der Waals surface area contributed by atoms with E-state index in [1.165, 1.54) is 0 Å². The zero-order valence-electron chi connectivity index (χ0n) is 22.3.